The molecule has 0 aliphatic carbocycles. The van der Waals surface area contributed by atoms with Crippen molar-refractivity contribution in [1.29, 1.82) is 0 Å². The van der Waals surface area contributed by atoms with Crippen LogP contribution in [0.2, 0.25) is 0 Å². The highest BCUT2D eigenvalue weighted by Gasteiger charge is 2.12. The van der Waals surface area contributed by atoms with Gasteiger partial charge in [0.1, 0.15) is 13.0 Å². The van der Waals surface area contributed by atoms with Crippen LogP contribution in [0.1, 0.15) is 17.5 Å². The minimum Gasteiger partial charge on any atom is -0.461 e. The Morgan fingerprint density at radius 2 is 1.93 bits per heavy atom. The maximum atomic E-state index is 12.0. The number of pyridine rings is 1. The number of aliphatic imine (C=N–C) groups is 1. The molecule has 1 aromatic carbocycles. The van der Waals surface area contributed by atoms with Gasteiger partial charge in [0.15, 0.2) is 30.6 Å². The number of ether oxygens (including phenoxy) is 1. The lowest BCUT2D eigenvalue weighted by molar-refractivity contribution is -0.695. The Morgan fingerprint density at radius 1 is 1.13 bits per heavy atom. The number of fused-ring (bicyclic) bond motifs is 1. The average Bonchev–Trinajstić information content (AvgIpc) is 2.98. The van der Waals surface area contributed by atoms with Crippen molar-refractivity contribution in [1.82, 2.24) is 9.97 Å². The Bertz CT molecular complexity index is 1080. The van der Waals surface area contributed by atoms with E-state index in [1.54, 1.807) is 12.4 Å². The minimum absolute atomic E-state index is 0.222. The smallest absolute Gasteiger partial charge is 0.312 e. The van der Waals surface area contributed by atoms with Gasteiger partial charge in [-0.15, -0.1) is 0 Å². The molecule has 1 aliphatic rings. The zero-order valence-electron chi connectivity index (χ0n) is 16.5. The van der Waals surface area contributed by atoms with Crippen molar-refractivity contribution in [2.75, 3.05) is 6.66 Å². The third-order valence-corrected chi connectivity index (χ3v) is 5.42. The van der Waals surface area contributed by atoms with Crippen molar-refractivity contribution in [3.8, 4) is 11.4 Å². The molecule has 0 amide bonds. The number of aryl methyl sites for hydroxylation is 1. The summed E-state index contributed by atoms with van der Waals surface area (Å²) in [6.45, 7) is 2.87. The molecule has 150 valence electrons. The molecule has 0 saturated carbocycles. The summed E-state index contributed by atoms with van der Waals surface area (Å²) in [4.78, 5) is 25.4. The van der Waals surface area contributed by atoms with Crippen LogP contribution in [0.4, 0.5) is 5.82 Å². The van der Waals surface area contributed by atoms with Gasteiger partial charge < -0.3 is 4.74 Å². The summed E-state index contributed by atoms with van der Waals surface area (Å²) in [5, 5.41) is 0. The summed E-state index contributed by atoms with van der Waals surface area (Å²) in [6, 6.07) is 13.5. The molecule has 1 aliphatic heterocycles. The first-order valence-electron chi connectivity index (χ1n) is 9.54. The van der Waals surface area contributed by atoms with Gasteiger partial charge in [-0.25, -0.2) is 19.5 Å². The van der Waals surface area contributed by atoms with Gasteiger partial charge in [0, 0.05) is 30.1 Å². The fourth-order valence-electron chi connectivity index (χ4n) is 2.82. The summed E-state index contributed by atoms with van der Waals surface area (Å²) in [6.07, 6.45) is 7.65. The van der Waals surface area contributed by atoms with E-state index < -0.39 is 8.07 Å². The largest absolute Gasteiger partial charge is 0.461 e. The van der Waals surface area contributed by atoms with E-state index in [1.807, 2.05) is 72.0 Å². The van der Waals surface area contributed by atoms with Gasteiger partial charge in [0.05, 0.1) is 19.6 Å². The van der Waals surface area contributed by atoms with Gasteiger partial charge in [-0.3, -0.25) is 9.56 Å². The third kappa shape index (κ3) is 5.19. The number of benzene rings is 1. The molecule has 0 N–H and O–H groups in total. The highest BCUT2D eigenvalue weighted by Crippen LogP contribution is 2.33. The first-order valence-corrected chi connectivity index (χ1v) is 11.4. The Kier molecular flexibility index (Phi) is 6.30. The fraction of sp³-hybridized carbons (Fsp3) is 0.182. The monoisotopic (exact) mass is 418 g/mol. The van der Waals surface area contributed by atoms with Crippen LogP contribution in [0.5, 0.6) is 0 Å². The Labute approximate surface area is 176 Å². The zero-order chi connectivity index (χ0) is 20.8. The molecule has 1 atom stereocenters. The molecule has 30 heavy (non-hydrogen) atoms. The van der Waals surface area contributed by atoms with Crippen LogP contribution in [-0.2, 0) is 22.7 Å². The van der Waals surface area contributed by atoms with E-state index in [4.69, 9.17) is 4.74 Å². The second-order valence-corrected chi connectivity index (χ2v) is 8.37. The topological polar surface area (TPSA) is 80.7 Å². The second-order valence-electron chi connectivity index (χ2n) is 6.76. The number of esters is 1. The maximum absolute atomic E-state index is 12.0. The summed E-state index contributed by atoms with van der Waals surface area (Å²) >= 11 is 0. The molecule has 0 saturated heterocycles. The molecule has 0 radical (unpaired) electrons. The molecule has 8 heteroatoms. The lowest BCUT2D eigenvalue weighted by Crippen LogP contribution is -2.34. The second kappa shape index (κ2) is 9.46. The van der Waals surface area contributed by atoms with Crippen molar-refractivity contribution in [2.45, 2.75) is 19.6 Å². The first-order chi connectivity index (χ1) is 14.7. The van der Waals surface area contributed by atoms with Gasteiger partial charge in [-0.2, -0.15) is 0 Å². The number of carbonyl (C=O) groups is 1. The van der Waals surface area contributed by atoms with E-state index in [2.05, 4.69) is 19.7 Å². The lowest BCUT2D eigenvalue weighted by Gasteiger charge is -2.04. The molecule has 0 fully saturated rings. The van der Waals surface area contributed by atoms with Crippen LogP contribution < -0.4 is 4.57 Å². The fourth-order valence-corrected chi connectivity index (χ4v) is 3.47. The van der Waals surface area contributed by atoms with E-state index in [9.17, 15) is 4.79 Å². The van der Waals surface area contributed by atoms with Crippen molar-refractivity contribution in [3.63, 3.8) is 0 Å². The van der Waals surface area contributed by atoms with Crippen LogP contribution in [0.15, 0.2) is 70.8 Å². The van der Waals surface area contributed by atoms with Crippen LogP contribution in [-0.4, -0.2) is 34.8 Å². The lowest BCUT2D eigenvalue weighted by atomic mass is 10.2. The normalized spacial score (nSPS) is 14.8. The number of hydrogen-bond donors (Lipinski definition) is 0. The first kappa shape index (κ1) is 20.0. The van der Waals surface area contributed by atoms with Crippen LogP contribution in [0.25, 0.3) is 11.4 Å². The molecule has 3 aromatic rings. The number of nitrogens with zero attached hydrogens (tertiary/aromatic N) is 5. The van der Waals surface area contributed by atoms with E-state index in [1.165, 1.54) is 0 Å². The minimum atomic E-state index is -0.590. The molecule has 0 spiro atoms. The Morgan fingerprint density at radius 3 is 2.73 bits per heavy atom. The SMILES string of the molecule is CP1C=Nc2nc(-c3cc[n+](CCC(=O)OCc4ccccc4)cc3)ncc2C=N1. The number of rotatable bonds is 6. The van der Waals surface area contributed by atoms with E-state index in [0.29, 0.717) is 31.2 Å². The Hall–Kier alpha value is -3.31. The van der Waals surface area contributed by atoms with Crippen molar-refractivity contribution >= 4 is 32.0 Å². The van der Waals surface area contributed by atoms with Gasteiger partial charge in [0.25, 0.3) is 0 Å². The van der Waals surface area contributed by atoms with Gasteiger partial charge >= 0.3 is 5.97 Å². The molecule has 0 bridgehead atoms. The predicted octanol–water partition coefficient (Wildman–Crippen LogP) is 3.68. The average molecular weight is 418 g/mol. The molecular weight excluding hydrogens is 397 g/mol. The Balaban J connectivity index is 1.35. The van der Waals surface area contributed by atoms with Crippen LogP contribution >= 0.6 is 8.07 Å². The number of aromatic nitrogens is 3. The number of hydrogen-bond acceptors (Lipinski definition) is 6. The standard InChI is InChI=1S/C22H21N5O2P/c1-30-16-24-22-19(14-25-30)13-23-21(26-22)18-7-10-27(11-8-18)12-9-20(28)29-15-17-5-3-2-4-6-17/h2-8,10-11,13-14,16H,9,12,15H2,1H3/q+1. The van der Waals surface area contributed by atoms with E-state index in [0.717, 1.165) is 16.7 Å². The summed E-state index contributed by atoms with van der Waals surface area (Å²) in [5.41, 5.74) is 2.69. The van der Waals surface area contributed by atoms with Crippen molar-refractivity contribution in [2.24, 2.45) is 9.76 Å². The van der Waals surface area contributed by atoms with E-state index in [-0.39, 0.29) is 5.97 Å². The molecule has 4 rings (SSSR count). The van der Waals surface area contributed by atoms with Gasteiger partial charge in [0.2, 0.25) is 0 Å². The summed E-state index contributed by atoms with van der Waals surface area (Å²) in [7, 11) is -0.590. The molecule has 2 aromatic heterocycles. The molecule has 1 unspecified atom stereocenters. The van der Waals surface area contributed by atoms with E-state index >= 15 is 0 Å². The van der Waals surface area contributed by atoms with Crippen molar-refractivity contribution in [3.05, 3.63) is 72.2 Å². The molecule has 3 heterocycles. The summed E-state index contributed by atoms with van der Waals surface area (Å²) in [5.74, 6) is 2.86. The van der Waals surface area contributed by atoms with Gasteiger partial charge in [-0.05, 0) is 12.2 Å². The predicted molar refractivity (Wildman–Crippen MR) is 117 cm³/mol. The molecule has 7 nitrogen and oxygen atoms in total. The third-order valence-electron chi connectivity index (χ3n) is 4.49. The highest BCUT2D eigenvalue weighted by atomic mass is 31.1. The number of carbonyl (C=O) groups excluding carboxylic acids is 1. The quantitative estimate of drug-likeness (QED) is 0.347. The summed E-state index contributed by atoms with van der Waals surface area (Å²) < 4.78 is 11.7. The van der Waals surface area contributed by atoms with Crippen LogP contribution in [0, 0.1) is 0 Å². The van der Waals surface area contributed by atoms with Crippen molar-refractivity contribution < 1.29 is 14.1 Å². The zero-order valence-corrected chi connectivity index (χ0v) is 17.4. The van der Waals surface area contributed by atoms with Crippen LogP contribution in [0.3, 0.4) is 0 Å². The van der Waals surface area contributed by atoms with Gasteiger partial charge in [-0.1, -0.05) is 30.3 Å². The maximum Gasteiger partial charge on any atom is 0.312 e. The highest BCUT2D eigenvalue weighted by molar-refractivity contribution is 7.71. The molecular formula is C22H21N5O2P+.